The molecule has 3 nitrogen and oxygen atoms in total. The van der Waals surface area contributed by atoms with E-state index < -0.39 is 0 Å². The normalized spacial score (nSPS) is 14.3. The Morgan fingerprint density at radius 3 is 2.75 bits per heavy atom. The topological polar surface area (TPSA) is 25.2 Å². The van der Waals surface area contributed by atoms with Gasteiger partial charge in [0.05, 0.1) is 0 Å². The third-order valence-electron chi connectivity index (χ3n) is 3.65. The van der Waals surface area contributed by atoms with Crippen LogP contribution in [0, 0.1) is 0 Å². The summed E-state index contributed by atoms with van der Waals surface area (Å²) in [6.07, 6.45) is 4.14. The van der Waals surface area contributed by atoms with Gasteiger partial charge in [-0.05, 0) is 42.7 Å². The summed E-state index contributed by atoms with van der Waals surface area (Å²) in [6.45, 7) is 0.675. The number of carbonyl (C=O) groups excluding carboxylic acids is 1. The lowest BCUT2D eigenvalue weighted by Gasteiger charge is -2.23. The fourth-order valence-electron chi connectivity index (χ4n) is 2.42. The Kier molecular flexibility index (Phi) is 3.66. The molecule has 0 spiro atoms. The van der Waals surface area contributed by atoms with Crippen LogP contribution in [-0.4, -0.2) is 21.4 Å². The zero-order valence-corrected chi connectivity index (χ0v) is 13.0. The first-order chi connectivity index (χ1) is 9.65. The van der Waals surface area contributed by atoms with Crippen molar-refractivity contribution in [3.8, 4) is 0 Å². The number of amides is 1. The minimum atomic E-state index is 0.125. The fraction of sp³-hybridized carbons (Fsp3) is 0.312. The van der Waals surface area contributed by atoms with Crippen LogP contribution in [0.1, 0.15) is 28.9 Å². The molecule has 0 radical (unpaired) electrons. The van der Waals surface area contributed by atoms with Gasteiger partial charge in [-0.3, -0.25) is 4.79 Å². The fourth-order valence-corrected chi connectivity index (χ4v) is 2.86. The standard InChI is InChI=1S/C16H17BrN2O/c1-18-9-3-6-15(18)16(20)19(14-7-8-14)11-12-4-2-5-13(17)10-12/h2-6,9-10,14H,7-8,11H2,1H3. The van der Waals surface area contributed by atoms with Crippen molar-refractivity contribution in [1.29, 1.82) is 0 Å². The molecule has 3 rings (SSSR count). The molecule has 20 heavy (non-hydrogen) atoms. The van der Waals surface area contributed by atoms with E-state index in [1.54, 1.807) is 0 Å². The van der Waals surface area contributed by atoms with Crippen molar-refractivity contribution >= 4 is 21.8 Å². The molecule has 1 amide bonds. The molecule has 1 saturated carbocycles. The van der Waals surface area contributed by atoms with Crippen LogP contribution in [0.3, 0.4) is 0 Å². The summed E-state index contributed by atoms with van der Waals surface area (Å²) in [7, 11) is 1.91. The lowest BCUT2D eigenvalue weighted by molar-refractivity contribution is 0.0720. The smallest absolute Gasteiger partial charge is 0.271 e. The minimum Gasteiger partial charge on any atom is -0.347 e. The van der Waals surface area contributed by atoms with Crippen LogP contribution in [0.15, 0.2) is 47.1 Å². The van der Waals surface area contributed by atoms with Gasteiger partial charge < -0.3 is 9.47 Å². The first-order valence-corrected chi connectivity index (χ1v) is 7.61. The maximum Gasteiger partial charge on any atom is 0.271 e. The van der Waals surface area contributed by atoms with E-state index >= 15 is 0 Å². The molecule has 1 aliphatic rings. The summed E-state index contributed by atoms with van der Waals surface area (Å²) in [4.78, 5) is 14.7. The Morgan fingerprint density at radius 2 is 2.15 bits per heavy atom. The van der Waals surface area contributed by atoms with Gasteiger partial charge in [0.2, 0.25) is 0 Å². The molecule has 0 atom stereocenters. The van der Waals surface area contributed by atoms with E-state index in [2.05, 4.69) is 28.1 Å². The van der Waals surface area contributed by atoms with Crippen LogP contribution in [0.4, 0.5) is 0 Å². The van der Waals surface area contributed by atoms with E-state index in [-0.39, 0.29) is 5.91 Å². The van der Waals surface area contributed by atoms with E-state index in [0.717, 1.165) is 28.6 Å². The predicted octanol–water partition coefficient (Wildman–Crippen LogP) is 3.59. The maximum absolute atomic E-state index is 12.7. The molecule has 0 N–H and O–H groups in total. The number of nitrogens with zero attached hydrogens (tertiary/aromatic N) is 2. The number of rotatable bonds is 4. The average molecular weight is 333 g/mol. The highest BCUT2D eigenvalue weighted by molar-refractivity contribution is 9.10. The number of hydrogen-bond donors (Lipinski definition) is 0. The monoisotopic (exact) mass is 332 g/mol. The number of carbonyl (C=O) groups is 1. The third-order valence-corrected chi connectivity index (χ3v) is 4.15. The lowest BCUT2D eigenvalue weighted by atomic mass is 10.2. The van der Waals surface area contributed by atoms with Crippen molar-refractivity contribution in [2.45, 2.75) is 25.4 Å². The van der Waals surface area contributed by atoms with Crippen LogP contribution < -0.4 is 0 Å². The van der Waals surface area contributed by atoms with Crippen LogP contribution in [0.25, 0.3) is 0 Å². The quantitative estimate of drug-likeness (QED) is 0.839. The first kappa shape index (κ1) is 13.4. The summed E-state index contributed by atoms with van der Waals surface area (Å²) < 4.78 is 2.94. The Labute approximate surface area is 127 Å². The number of benzene rings is 1. The molecule has 1 heterocycles. The van der Waals surface area contributed by atoms with Crippen molar-refractivity contribution in [2.24, 2.45) is 7.05 Å². The van der Waals surface area contributed by atoms with Crippen molar-refractivity contribution in [3.05, 3.63) is 58.3 Å². The predicted molar refractivity (Wildman–Crippen MR) is 82.5 cm³/mol. The minimum absolute atomic E-state index is 0.125. The molecular weight excluding hydrogens is 316 g/mol. The highest BCUT2D eigenvalue weighted by Crippen LogP contribution is 2.30. The maximum atomic E-state index is 12.7. The second-order valence-corrected chi connectivity index (χ2v) is 6.21. The van der Waals surface area contributed by atoms with E-state index in [1.165, 1.54) is 0 Å². The van der Waals surface area contributed by atoms with E-state index in [9.17, 15) is 4.79 Å². The van der Waals surface area contributed by atoms with Crippen LogP contribution in [-0.2, 0) is 13.6 Å². The molecule has 1 aromatic heterocycles. The van der Waals surface area contributed by atoms with Crippen LogP contribution >= 0.6 is 15.9 Å². The van der Waals surface area contributed by atoms with Crippen molar-refractivity contribution in [3.63, 3.8) is 0 Å². The molecular formula is C16H17BrN2O. The van der Waals surface area contributed by atoms with Gasteiger partial charge in [0, 0.05) is 30.3 Å². The van der Waals surface area contributed by atoms with Gasteiger partial charge in [0.1, 0.15) is 5.69 Å². The van der Waals surface area contributed by atoms with Crippen molar-refractivity contribution in [1.82, 2.24) is 9.47 Å². The molecule has 1 aromatic carbocycles. The summed E-state index contributed by atoms with van der Waals surface area (Å²) >= 11 is 3.48. The molecule has 2 aromatic rings. The summed E-state index contributed by atoms with van der Waals surface area (Å²) in [6, 6.07) is 12.4. The Morgan fingerprint density at radius 1 is 1.35 bits per heavy atom. The van der Waals surface area contributed by atoms with Crippen LogP contribution in [0.5, 0.6) is 0 Å². The largest absolute Gasteiger partial charge is 0.347 e. The lowest BCUT2D eigenvalue weighted by Crippen LogP contribution is -2.33. The van der Waals surface area contributed by atoms with Crippen molar-refractivity contribution in [2.75, 3.05) is 0 Å². The Balaban J connectivity index is 1.83. The van der Waals surface area contributed by atoms with Gasteiger partial charge >= 0.3 is 0 Å². The molecule has 0 aliphatic heterocycles. The number of aromatic nitrogens is 1. The molecule has 0 unspecified atom stereocenters. The number of hydrogen-bond acceptors (Lipinski definition) is 1. The summed E-state index contributed by atoms with van der Waals surface area (Å²) in [5.41, 5.74) is 1.92. The first-order valence-electron chi connectivity index (χ1n) is 6.82. The van der Waals surface area contributed by atoms with Crippen molar-refractivity contribution < 1.29 is 4.79 Å². The van der Waals surface area contributed by atoms with Crippen LogP contribution in [0.2, 0.25) is 0 Å². The molecule has 4 heteroatoms. The third kappa shape index (κ3) is 2.80. The summed E-state index contributed by atoms with van der Waals surface area (Å²) in [5.74, 6) is 0.125. The Hall–Kier alpha value is -1.55. The Bertz CT molecular complexity index is 631. The van der Waals surface area contributed by atoms with E-state index in [1.807, 2.05) is 47.0 Å². The molecule has 1 fully saturated rings. The average Bonchev–Trinajstić information content (AvgIpc) is 3.17. The van der Waals surface area contributed by atoms with Gasteiger partial charge in [-0.15, -0.1) is 0 Å². The van der Waals surface area contributed by atoms with E-state index in [4.69, 9.17) is 0 Å². The van der Waals surface area contributed by atoms with Gasteiger partial charge in [0.15, 0.2) is 0 Å². The number of halogens is 1. The molecule has 104 valence electrons. The highest BCUT2D eigenvalue weighted by Gasteiger charge is 2.33. The second kappa shape index (κ2) is 5.44. The van der Waals surface area contributed by atoms with E-state index in [0.29, 0.717) is 12.6 Å². The SMILES string of the molecule is Cn1cccc1C(=O)N(Cc1cccc(Br)c1)C1CC1. The molecule has 0 bridgehead atoms. The molecule has 0 saturated heterocycles. The molecule has 1 aliphatic carbocycles. The van der Waals surface area contributed by atoms with Gasteiger partial charge in [-0.1, -0.05) is 28.1 Å². The summed E-state index contributed by atoms with van der Waals surface area (Å²) in [5, 5.41) is 0. The zero-order chi connectivity index (χ0) is 14.1. The van der Waals surface area contributed by atoms with Gasteiger partial charge in [0.25, 0.3) is 5.91 Å². The zero-order valence-electron chi connectivity index (χ0n) is 11.4. The number of aryl methyl sites for hydroxylation is 1. The highest BCUT2D eigenvalue weighted by atomic mass is 79.9. The van der Waals surface area contributed by atoms with Gasteiger partial charge in [-0.2, -0.15) is 0 Å². The second-order valence-electron chi connectivity index (χ2n) is 5.30. The van der Waals surface area contributed by atoms with Gasteiger partial charge in [-0.25, -0.2) is 0 Å².